The number of rotatable bonds is 1. The Bertz CT molecular complexity index is 286. The van der Waals surface area contributed by atoms with E-state index >= 15 is 0 Å². The Hall–Kier alpha value is -0.900. The predicted octanol–water partition coefficient (Wildman–Crippen LogP) is 0.933. The van der Waals surface area contributed by atoms with E-state index in [2.05, 4.69) is 10.3 Å². The molecule has 0 unspecified atom stereocenters. The zero-order valence-electron chi connectivity index (χ0n) is 8.03. The van der Waals surface area contributed by atoms with E-state index in [-0.39, 0.29) is 5.54 Å². The smallest absolute Gasteiger partial charge is 0.0782 e. The minimum Gasteiger partial charge on any atom is -0.320 e. The Morgan fingerprint density at radius 1 is 1.38 bits per heavy atom. The molecular formula is C9H16N4. The van der Waals surface area contributed by atoms with Crippen LogP contribution in [0.1, 0.15) is 37.8 Å². The Labute approximate surface area is 78.1 Å². The largest absolute Gasteiger partial charge is 0.320 e. The monoisotopic (exact) mass is 180 g/mol. The summed E-state index contributed by atoms with van der Waals surface area (Å²) in [5, 5.41) is 7.80. The number of hydrogen-bond donors (Lipinski definition) is 1. The molecule has 1 aromatic heterocycles. The lowest BCUT2D eigenvalue weighted by molar-refractivity contribution is 0.285. The Kier molecular flexibility index (Phi) is 2.07. The highest BCUT2D eigenvalue weighted by molar-refractivity contribution is 5.11. The SMILES string of the molecule is Cn1nncc1C1(N)CCCCC1. The van der Waals surface area contributed by atoms with Crippen LogP contribution in [0.2, 0.25) is 0 Å². The van der Waals surface area contributed by atoms with Gasteiger partial charge in [-0.25, -0.2) is 0 Å². The summed E-state index contributed by atoms with van der Waals surface area (Å²) in [6.07, 6.45) is 7.68. The lowest BCUT2D eigenvalue weighted by Crippen LogP contribution is -2.40. The van der Waals surface area contributed by atoms with Gasteiger partial charge in [0.2, 0.25) is 0 Å². The second-order valence-electron chi connectivity index (χ2n) is 3.96. The molecule has 72 valence electrons. The molecule has 0 radical (unpaired) electrons. The van der Waals surface area contributed by atoms with Gasteiger partial charge in [0.25, 0.3) is 0 Å². The number of nitrogens with two attached hydrogens (primary N) is 1. The minimum atomic E-state index is -0.170. The van der Waals surface area contributed by atoms with Gasteiger partial charge in [-0.15, -0.1) is 5.10 Å². The van der Waals surface area contributed by atoms with Gasteiger partial charge in [-0.2, -0.15) is 0 Å². The molecule has 1 fully saturated rings. The zero-order chi connectivity index (χ0) is 9.31. The maximum atomic E-state index is 6.32. The summed E-state index contributed by atoms with van der Waals surface area (Å²) >= 11 is 0. The number of nitrogens with zero attached hydrogens (tertiary/aromatic N) is 3. The first-order chi connectivity index (χ1) is 6.22. The van der Waals surface area contributed by atoms with Gasteiger partial charge >= 0.3 is 0 Å². The highest BCUT2D eigenvalue weighted by Crippen LogP contribution is 2.33. The molecule has 1 aromatic rings. The van der Waals surface area contributed by atoms with E-state index in [0.29, 0.717) is 0 Å². The standard InChI is InChI=1S/C9H16N4/c1-13-8(7-11-12-13)9(10)5-3-2-4-6-9/h7H,2-6,10H2,1H3. The van der Waals surface area contributed by atoms with Crippen molar-refractivity contribution in [3.05, 3.63) is 11.9 Å². The normalized spacial score (nSPS) is 21.7. The van der Waals surface area contributed by atoms with Crippen LogP contribution in [-0.4, -0.2) is 15.0 Å². The maximum absolute atomic E-state index is 6.32. The Morgan fingerprint density at radius 2 is 2.08 bits per heavy atom. The molecule has 1 aliphatic rings. The molecule has 0 aromatic carbocycles. The lowest BCUT2D eigenvalue weighted by atomic mass is 9.80. The second kappa shape index (κ2) is 3.10. The van der Waals surface area contributed by atoms with Gasteiger partial charge in [-0.1, -0.05) is 24.5 Å². The fourth-order valence-electron chi connectivity index (χ4n) is 2.18. The van der Waals surface area contributed by atoms with E-state index in [0.717, 1.165) is 18.5 Å². The summed E-state index contributed by atoms with van der Waals surface area (Å²) in [6.45, 7) is 0. The minimum absolute atomic E-state index is 0.170. The molecule has 2 rings (SSSR count). The summed E-state index contributed by atoms with van der Waals surface area (Å²) in [5.41, 5.74) is 7.23. The van der Waals surface area contributed by atoms with Gasteiger partial charge in [0.1, 0.15) is 0 Å². The highest BCUT2D eigenvalue weighted by atomic mass is 15.4. The van der Waals surface area contributed by atoms with Crippen molar-refractivity contribution in [2.75, 3.05) is 0 Å². The molecule has 4 nitrogen and oxygen atoms in total. The Morgan fingerprint density at radius 3 is 2.62 bits per heavy atom. The van der Waals surface area contributed by atoms with Crippen LogP contribution >= 0.6 is 0 Å². The summed E-state index contributed by atoms with van der Waals surface area (Å²) in [5.74, 6) is 0. The van der Waals surface area contributed by atoms with Crippen molar-refractivity contribution in [1.82, 2.24) is 15.0 Å². The number of aryl methyl sites for hydroxylation is 1. The van der Waals surface area contributed by atoms with Crippen LogP contribution in [0, 0.1) is 0 Å². The molecule has 13 heavy (non-hydrogen) atoms. The van der Waals surface area contributed by atoms with E-state index < -0.39 is 0 Å². The molecular weight excluding hydrogens is 164 g/mol. The van der Waals surface area contributed by atoms with Gasteiger partial charge in [-0.3, -0.25) is 4.68 Å². The zero-order valence-corrected chi connectivity index (χ0v) is 8.03. The lowest BCUT2D eigenvalue weighted by Gasteiger charge is -2.32. The van der Waals surface area contributed by atoms with Crippen molar-refractivity contribution in [1.29, 1.82) is 0 Å². The van der Waals surface area contributed by atoms with Crippen LogP contribution in [-0.2, 0) is 12.6 Å². The topological polar surface area (TPSA) is 56.7 Å². The van der Waals surface area contributed by atoms with Crippen LogP contribution in [0.3, 0.4) is 0 Å². The van der Waals surface area contributed by atoms with Crippen molar-refractivity contribution >= 4 is 0 Å². The third-order valence-corrected chi connectivity index (χ3v) is 2.97. The predicted molar refractivity (Wildman–Crippen MR) is 50.0 cm³/mol. The van der Waals surface area contributed by atoms with E-state index in [4.69, 9.17) is 5.73 Å². The first-order valence-corrected chi connectivity index (χ1v) is 4.86. The van der Waals surface area contributed by atoms with Crippen molar-refractivity contribution < 1.29 is 0 Å². The molecule has 0 aliphatic heterocycles. The number of aromatic nitrogens is 3. The molecule has 4 heteroatoms. The van der Waals surface area contributed by atoms with Gasteiger partial charge in [-0.05, 0) is 12.8 Å². The molecule has 0 amide bonds. The van der Waals surface area contributed by atoms with E-state index in [1.165, 1.54) is 19.3 Å². The quantitative estimate of drug-likeness (QED) is 0.699. The first kappa shape index (κ1) is 8.69. The van der Waals surface area contributed by atoms with E-state index in [9.17, 15) is 0 Å². The van der Waals surface area contributed by atoms with Crippen molar-refractivity contribution in [2.45, 2.75) is 37.6 Å². The molecule has 1 saturated carbocycles. The fraction of sp³-hybridized carbons (Fsp3) is 0.778. The molecule has 2 N–H and O–H groups in total. The summed E-state index contributed by atoms with van der Waals surface area (Å²) < 4.78 is 1.80. The van der Waals surface area contributed by atoms with E-state index in [1.807, 2.05) is 7.05 Å². The molecule has 0 saturated heterocycles. The molecule has 0 spiro atoms. The molecule has 1 aliphatic carbocycles. The summed E-state index contributed by atoms with van der Waals surface area (Å²) in [4.78, 5) is 0. The van der Waals surface area contributed by atoms with Crippen molar-refractivity contribution in [2.24, 2.45) is 12.8 Å². The van der Waals surface area contributed by atoms with Gasteiger partial charge in [0.15, 0.2) is 0 Å². The first-order valence-electron chi connectivity index (χ1n) is 4.86. The summed E-state index contributed by atoms with van der Waals surface area (Å²) in [7, 11) is 1.91. The molecule has 0 atom stereocenters. The van der Waals surface area contributed by atoms with Gasteiger partial charge < -0.3 is 5.73 Å². The van der Waals surface area contributed by atoms with Crippen molar-refractivity contribution in [3.63, 3.8) is 0 Å². The second-order valence-corrected chi connectivity index (χ2v) is 3.96. The van der Waals surface area contributed by atoms with Crippen LogP contribution in [0.4, 0.5) is 0 Å². The average molecular weight is 180 g/mol. The third-order valence-electron chi connectivity index (χ3n) is 2.97. The van der Waals surface area contributed by atoms with Crippen LogP contribution in [0.5, 0.6) is 0 Å². The Balaban J connectivity index is 2.27. The number of hydrogen-bond acceptors (Lipinski definition) is 3. The van der Waals surface area contributed by atoms with Gasteiger partial charge in [0, 0.05) is 7.05 Å². The molecule has 1 heterocycles. The highest BCUT2D eigenvalue weighted by Gasteiger charge is 2.32. The fourth-order valence-corrected chi connectivity index (χ4v) is 2.18. The van der Waals surface area contributed by atoms with Crippen LogP contribution in [0.25, 0.3) is 0 Å². The summed E-state index contributed by atoms with van der Waals surface area (Å²) in [6, 6.07) is 0. The van der Waals surface area contributed by atoms with Crippen LogP contribution in [0.15, 0.2) is 6.20 Å². The molecule has 0 bridgehead atoms. The third kappa shape index (κ3) is 1.46. The maximum Gasteiger partial charge on any atom is 0.0782 e. The average Bonchev–Trinajstić information content (AvgIpc) is 2.53. The van der Waals surface area contributed by atoms with E-state index in [1.54, 1.807) is 10.9 Å². The van der Waals surface area contributed by atoms with Crippen molar-refractivity contribution in [3.8, 4) is 0 Å². The van der Waals surface area contributed by atoms with Crippen LogP contribution < -0.4 is 5.73 Å². The van der Waals surface area contributed by atoms with Gasteiger partial charge in [0.05, 0.1) is 17.4 Å².